The molecule has 1 heterocycles. The Labute approximate surface area is 193 Å². The molecule has 0 radical (unpaired) electrons. The predicted molar refractivity (Wildman–Crippen MR) is 119 cm³/mol. The van der Waals surface area contributed by atoms with E-state index < -0.39 is 23.7 Å². The molecule has 0 aromatic heterocycles. The summed E-state index contributed by atoms with van der Waals surface area (Å²) in [7, 11) is 1.53. The van der Waals surface area contributed by atoms with Crippen molar-refractivity contribution >= 4 is 46.4 Å². The SMILES string of the molecule is C[C@H]1CC(=O)Nc2ccccc2N1C(=O)CN(C)CC(=O)Nc1cc(C(F)(F)F)ccc1Cl. The number of benzene rings is 2. The summed E-state index contributed by atoms with van der Waals surface area (Å²) in [6.07, 6.45) is -4.47. The molecule has 1 aliphatic rings. The van der Waals surface area contributed by atoms with E-state index in [1.807, 2.05) is 0 Å². The number of nitrogens with zero attached hydrogens (tertiary/aromatic N) is 2. The molecular formula is C22H22ClF3N4O3. The van der Waals surface area contributed by atoms with Crippen LogP contribution in [0.25, 0.3) is 0 Å². The first kappa shape index (κ1) is 24.5. The molecule has 11 heteroatoms. The van der Waals surface area contributed by atoms with E-state index in [1.165, 1.54) is 16.8 Å². The number of halogens is 4. The average Bonchev–Trinajstić information content (AvgIpc) is 2.82. The van der Waals surface area contributed by atoms with Gasteiger partial charge in [-0.25, -0.2) is 0 Å². The molecule has 0 saturated carbocycles. The average molecular weight is 483 g/mol. The molecule has 2 aromatic rings. The largest absolute Gasteiger partial charge is 0.416 e. The quantitative estimate of drug-likeness (QED) is 0.675. The second-order valence-corrected chi connectivity index (χ2v) is 8.20. The molecule has 1 atom stereocenters. The highest BCUT2D eigenvalue weighted by molar-refractivity contribution is 6.33. The highest BCUT2D eigenvalue weighted by atomic mass is 35.5. The van der Waals surface area contributed by atoms with Crippen LogP contribution in [0.3, 0.4) is 0 Å². The summed E-state index contributed by atoms with van der Waals surface area (Å²) in [5.74, 6) is -1.18. The lowest BCUT2D eigenvalue weighted by molar-refractivity contribution is -0.137. The summed E-state index contributed by atoms with van der Waals surface area (Å²) in [4.78, 5) is 40.5. The number of para-hydroxylation sites is 2. The van der Waals surface area contributed by atoms with Crippen LogP contribution in [0, 0.1) is 0 Å². The van der Waals surface area contributed by atoms with Crippen molar-refractivity contribution < 1.29 is 27.6 Å². The molecule has 176 valence electrons. The van der Waals surface area contributed by atoms with E-state index in [2.05, 4.69) is 10.6 Å². The van der Waals surface area contributed by atoms with Crippen molar-refractivity contribution in [3.8, 4) is 0 Å². The fourth-order valence-corrected chi connectivity index (χ4v) is 3.73. The normalized spacial score (nSPS) is 16.2. The van der Waals surface area contributed by atoms with Gasteiger partial charge in [-0.05, 0) is 44.3 Å². The molecule has 0 saturated heterocycles. The molecule has 3 rings (SSSR count). The lowest BCUT2D eigenvalue weighted by atomic mass is 10.1. The van der Waals surface area contributed by atoms with Gasteiger partial charge < -0.3 is 15.5 Å². The minimum atomic E-state index is -4.58. The molecule has 0 fully saturated rings. The van der Waals surface area contributed by atoms with E-state index in [9.17, 15) is 27.6 Å². The van der Waals surface area contributed by atoms with E-state index in [1.54, 1.807) is 31.2 Å². The summed E-state index contributed by atoms with van der Waals surface area (Å²) in [5, 5.41) is 5.08. The van der Waals surface area contributed by atoms with Crippen LogP contribution in [0.1, 0.15) is 18.9 Å². The first-order valence-corrected chi connectivity index (χ1v) is 10.4. The Balaban J connectivity index is 1.67. The molecule has 0 bridgehead atoms. The Bertz CT molecular complexity index is 1080. The van der Waals surface area contributed by atoms with Gasteiger partial charge in [-0.2, -0.15) is 13.2 Å². The number of rotatable bonds is 5. The first-order valence-electron chi connectivity index (χ1n) is 10.0. The van der Waals surface area contributed by atoms with Crippen LogP contribution >= 0.6 is 11.6 Å². The van der Waals surface area contributed by atoms with Crippen molar-refractivity contribution in [1.82, 2.24) is 4.90 Å². The third-order valence-electron chi connectivity index (χ3n) is 5.01. The molecule has 0 spiro atoms. The number of hydrogen-bond donors (Lipinski definition) is 2. The van der Waals surface area contributed by atoms with E-state index in [4.69, 9.17) is 11.6 Å². The van der Waals surface area contributed by atoms with E-state index in [0.29, 0.717) is 11.4 Å². The number of nitrogens with one attached hydrogen (secondary N) is 2. The van der Waals surface area contributed by atoms with Crippen LogP contribution < -0.4 is 15.5 Å². The number of anilines is 3. The number of amides is 3. The zero-order chi connectivity index (χ0) is 24.3. The van der Waals surface area contributed by atoms with Crippen molar-refractivity contribution in [1.29, 1.82) is 0 Å². The Kier molecular flexibility index (Phi) is 7.28. The van der Waals surface area contributed by atoms with Gasteiger partial charge in [0.25, 0.3) is 0 Å². The van der Waals surface area contributed by atoms with Gasteiger partial charge in [-0.15, -0.1) is 0 Å². The molecule has 1 aliphatic heterocycles. The van der Waals surface area contributed by atoms with E-state index in [0.717, 1.165) is 18.2 Å². The van der Waals surface area contributed by atoms with Gasteiger partial charge in [0.2, 0.25) is 17.7 Å². The van der Waals surface area contributed by atoms with Gasteiger partial charge >= 0.3 is 6.18 Å². The molecule has 33 heavy (non-hydrogen) atoms. The third-order valence-corrected chi connectivity index (χ3v) is 5.34. The van der Waals surface area contributed by atoms with Crippen molar-refractivity contribution in [3.05, 3.63) is 53.1 Å². The Morgan fingerprint density at radius 3 is 2.61 bits per heavy atom. The molecule has 2 aromatic carbocycles. The highest BCUT2D eigenvalue weighted by Gasteiger charge is 2.32. The number of alkyl halides is 3. The maximum atomic E-state index is 13.1. The van der Waals surface area contributed by atoms with Gasteiger partial charge in [0.15, 0.2) is 0 Å². The summed E-state index contributed by atoms with van der Waals surface area (Å²) < 4.78 is 38.8. The van der Waals surface area contributed by atoms with Crippen LogP contribution in [0.5, 0.6) is 0 Å². The Morgan fingerprint density at radius 2 is 1.91 bits per heavy atom. The van der Waals surface area contributed by atoms with Gasteiger partial charge in [0.05, 0.1) is 40.7 Å². The number of carbonyl (C=O) groups is 3. The van der Waals surface area contributed by atoms with Gasteiger partial charge in [0, 0.05) is 12.5 Å². The van der Waals surface area contributed by atoms with E-state index >= 15 is 0 Å². The minimum absolute atomic E-state index is 0.0396. The summed E-state index contributed by atoms with van der Waals surface area (Å²) in [6, 6.07) is 9.13. The molecular weight excluding hydrogens is 461 g/mol. The zero-order valence-electron chi connectivity index (χ0n) is 17.9. The zero-order valence-corrected chi connectivity index (χ0v) is 18.6. The van der Waals surface area contributed by atoms with Crippen LogP contribution in [0.15, 0.2) is 42.5 Å². The van der Waals surface area contributed by atoms with Crippen molar-refractivity contribution in [3.63, 3.8) is 0 Å². The van der Waals surface area contributed by atoms with Crippen LogP contribution in [0.4, 0.5) is 30.2 Å². The lowest BCUT2D eigenvalue weighted by Gasteiger charge is -2.29. The number of carbonyl (C=O) groups excluding carboxylic acids is 3. The lowest BCUT2D eigenvalue weighted by Crippen LogP contribution is -2.45. The summed E-state index contributed by atoms with van der Waals surface area (Å²) in [5.41, 5.74) is -0.0483. The second kappa shape index (κ2) is 9.80. The van der Waals surface area contributed by atoms with Crippen LogP contribution in [-0.4, -0.2) is 48.8 Å². The van der Waals surface area contributed by atoms with Crippen molar-refractivity contribution in [2.75, 3.05) is 35.7 Å². The Hall–Kier alpha value is -3.11. The number of likely N-dealkylation sites (N-methyl/N-ethyl adjacent to an activating group) is 1. The molecule has 2 N–H and O–H groups in total. The third kappa shape index (κ3) is 6.02. The number of fused-ring (bicyclic) bond motifs is 1. The van der Waals surface area contributed by atoms with E-state index in [-0.39, 0.29) is 42.0 Å². The smallest absolute Gasteiger partial charge is 0.324 e. The Morgan fingerprint density at radius 1 is 1.21 bits per heavy atom. The minimum Gasteiger partial charge on any atom is -0.324 e. The van der Waals surface area contributed by atoms with Crippen LogP contribution in [-0.2, 0) is 20.6 Å². The molecule has 7 nitrogen and oxygen atoms in total. The first-order chi connectivity index (χ1) is 15.5. The fraction of sp³-hybridized carbons (Fsp3) is 0.318. The van der Waals surface area contributed by atoms with Crippen molar-refractivity contribution in [2.45, 2.75) is 25.6 Å². The number of hydrogen-bond acceptors (Lipinski definition) is 4. The molecule has 3 amide bonds. The highest BCUT2D eigenvalue weighted by Crippen LogP contribution is 2.34. The van der Waals surface area contributed by atoms with Gasteiger partial charge in [-0.1, -0.05) is 23.7 Å². The summed E-state index contributed by atoms with van der Waals surface area (Å²) >= 11 is 5.91. The maximum Gasteiger partial charge on any atom is 0.416 e. The van der Waals surface area contributed by atoms with Crippen molar-refractivity contribution in [2.24, 2.45) is 0 Å². The summed E-state index contributed by atoms with van der Waals surface area (Å²) in [6.45, 7) is 1.33. The maximum absolute atomic E-state index is 13.1. The monoisotopic (exact) mass is 482 g/mol. The van der Waals surface area contributed by atoms with Crippen LogP contribution in [0.2, 0.25) is 5.02 Å². The predicted octanol–water partition coefficient (Wildman–Crippen LogP) is 3.99. The molecule has 0 unspecified atom stereocenters. The molecule has 0 aliphatic carbocycles. The topological polar surface area (TPSA) is 81.8 Å². The second-order valence-electron chi connectivity index (χ2n) is 7.80. The fourth-order valence-electron chi connectivity index (χ4n) is 3.56. The standard InChI is InChI=1S/C22H22ClF3N4O3/c1-13-9-19(31)27-16-5-3-4-6-18(16)30(13)21(33)12-29(2)11-20(32)28-17-10-14(22(24,25)26)7-8-15(17)23/h3-8,10,13H,9,11-12H2,1-2H3,(H,27,31)(H,28,32)/t13-/m0/s1. The van der Waals surface area contributed by atoms with Gasteiger partial charge in [-0.3, -0.25) is 19.3 Å². The van der Waals surface area contributed by atoms with Gasteiger partial charge in [0.1, 0.15) is 0 Å².